The Labute approximate surface area is 90.9 Å². The highest BCUT2D eigenvalue weighted by Gasteiger charge is 2.47. The molecular formula is C11H20O4. The van der Waals surface area contributed by atoms with Crippen LogP contribution in [0.5, 0.6) is 0 Å². The van der Waals surface area contributed by atoms with Crippen molar-refractivity contribution in [2.24, 2.45) is 0 Å². The molecule has 0 heterocycles. The summed E-state index contributed by atoms with van der Waals surface area (Å²) in [5.74, 6) is -1.92. The van der Waals surface area contributed by atoms with Gasteiger partial charge in [0.25, 0.3) is 0 Å². The van der Waals surface area contributed by atoms with E-state index in [9.17, 15) is 9.90 Å². The van der Waals surface area contributed by atoms with Gasteiger partial charge in [0.1, 0.15) is 5.60 Å². The van der Waals surface area contributed by atoms with E-state index in [-0.39, 0.29) is 0 Å². The minimum Gasteiger partial charge on any atom is -0.427 e. The van der Waals surface area contributed by atoms with E-state index in [0.29, 0.717) is 6.42 Å². The summed E-state index contributed by atoms with van der Waals surface area (Å²) >= 11 is 0. The molecule has 0 fully saturated rings. The highest BCUT2D eigenvalue weighted by Crippen LogP contribution is 2.32. The molecule has 0 aliphatic carbocycles. The van der Waals surface area contributed by atoms with Crippen molar-refractivity contribution >= 4 is 5.97 Å². The van der Waals surface area contributed by atoms with Crippen LogP contribution < -0.4 is 0 Å². The molecule has 0 aliphatic heterocycles. The standard InChI is InChI=1S/C11H20O4/c1-6-8-11(14-5,10(3,4)13)15-9(12)7-2/h7,13H,2,6,8H2,1,3-5H3. The topological polar surface area (TPSA) is 55.8 Å². The molecule has 0 aromatic carbocycles. The molecule has 0 amide bonds. The van der Waals surface area contributed by atoms with Crippen molar-refractivity contribution in [1.82, 2.24) is 0 Å². The van der Waals surface area contributed by atoms with E-state index in [1.165, 1.54) is 7.11 Å². The molecule has 0 aromatic heterocycles. The lowest BCUT2D eigenvalue weighted by molar-refractivity contribution is -0.288. The average molecular weight is 216 g/mol. The van der Waals surface area contributed by atoms with Crippen LogP contribution >= 0.6 is 0 Å². The van der Waals surface area contributed by atoms with Gasteiger partial charge in [0.2, 0.25) is 5.79 Å². The third-order valence-electron chi connectivity index (χ3n) is 2.27. The number of ether oxygens (including phenoxy) is 2. The highest BCUT2D eigenvalue weighted by molar-refractivity contribution is 5.81. The first-order valence-corrected chi connectivity index (χ1v) is 4.96. The van der Waals surface area contributed by atoms with Gasteiger partial charge in [-0.05, 0) is 20.3 Å². The molecule has 0 bridgehead atoms. The first-order chi connectivity index (χ1) is 6.83. The molecule has 1 unspecified atom stereocenters. The second kappa shape index (κ2) is 5.28. The van der Waals surface area contributed by atoms with E-state index < -0.39 is 17.4 Å². The maximum Gasteiger partial charge on any atom is 0.332 e. The van der Waals surface area contributed by atoms with Crippen molar-refractivity contribution in [3.63, 3.8) is 0 Å². The van der Waals surface area contributed by atoms with Gasteiger partial charge in [0.15, 0.2) is 0 Å². The van der Waals surface area contributed by atoms with Crippen molar-refractivity contribution in [1.29, 1.82) is 0 Å². The molecule has 0 radical (unpaired) electrons. The largest absolute Gasteiger partial charge is 0.427 e. The lowest BCUT2D eigenvalue weighted by Gasteiger charge is -2.40. The fourth-order valence-electron chi connectivity index (χ4n) is 1.41. The van der Waals surface area contributed by atoms with Crippen LogP contribution in [-0.4, -0.2) is 29.6 Å². The predicted molar refractivity (Wildman–Crippen MR) is 57.2 cm³/mol. The van der Waals surface area contributed by atoms with Gasteiger partial charge >= 0.3 is 5.97 Å². The van der Waals surface area contributed by atoms with Gasteiger partial charge in [-0.2, -0.15) is 0 Å². The molecule has 1 N–H and O–H groups in total. The normalized spacial score (nSPS) is 15.5. The Balaban J connectivity index is 4.97. The molecule has 4 heteroatoms. The third kappa shape index (κ3) is 3.32. The van der Waals surface area contributed by atoms with Crippen molar-refractivity contribution in [3.8, 4) is 0 Å². The fraction of sp³-hybridized carbons (Fsp3) is 0.727. The number of carbonyl (C=O) groups is 1. The Kier molecular flexibility index (Phi) is 4.97. The summed E-state index contributed by atoms with van der Waals surface area (Å²) in [5, 5.41) is 9.97. The quantitative estimate of drug-likeness (QED) is 0.416. The molecule has 4 nitrogen and oxygen atoms in total. The van der Waals surface area contributed by atoms with E-state index in [4.69, 9.17) is 9.47 Å². The van der Waals surface area contributed by atoms with Gasteiger partial charge in [-0.3, -0.25) is 0 Å². The molecule has 0 aliphatic rings. The van der Waals surface area contributed by atoms with Gasteiger partial charge < -0.3 is 14.6 Å². The van der Waals surface area contributed by atoms with Crippen LogP contribution in [-0.2, 0) is 14.3 Å². The number of aliphatic hydroxyl groups is 1. The van der Waals surface area contributed by atoms with Gasteiger partial charge in [0, 0.05) is 19.6 Å². The zero-order valence-electron chi connectivity index (χ0n) is 9.87. The smallest absolute Gasteiger partial charge is 0.332 e. The molecule has 0 aromatic rings. The molecule has 0 saturated carbocycles. The summed E-state index contributed by atoms with van der Waals surface area (Å²) in [6.45, 7) is 8.32. The SMILES string of the molecule is C=CC(=O)OC(CCC)(OC)C(C)(C)O. The van der Waals surface area contributed by atoms with Crippen molar-refractivity contribution < 1.29 is 19.4 Å². The van der Waals surface area contributed by atoms with Crippen LogP contribution in [0.2, 0.25) is 0 Å². The maximum atomic E-state index is 11.2. The first kappa shape index (κ1) is 14.1. The van der Waals surface area contributed by atoms with E-state index in [2.05, 4.69) is 6.58 Å². The number of carbonyl (C=O) groups excluding carboxylic acids is 1. The summed E-state index contributed by atoms with van der Waals surface area (Å²) in [7, 11) is 1.41. The van der Waals surface area contributed by atoms with Gasteiger partial charge in [-0.25, -0.2) is 4.79 Å². The van der Waals surface area contributed by atoms with E-state index >= 15 is 0 Å². The summed E-state index contributed by atoms with van der Waals surface area (Å²) in [5.41, 5.74) is -1.27. The van der Waals surface area contributed by atoms with Gasteiger partial charge in [0.05, 0.1) is 0 Å². The summed E-state index contributed by atoms with van der Waals surface area (Å²) in [6.07, 6.45) is 2.20. The van der Waals surface area contributed by atoms with E-state index in [1.807, 2.05) is 6.92 Å². The third-order valence-corrected chi connectivity index (χ3v) is 2.27. The zero-order valence-corrected chi connectivity index (χ0v) is 9.87. The number of esters is 1. The Hall–Kier alpha value is -0.870. The van der Waals surface area contributed by atoms with E-state index in [1.54, 1.807) is 13.8 Å². The minimum absolute atomic E-state index is 0.423. The second-order valence-corrected chi connectivity index (χ2v) is 3.89. The molecular weight excluding hydrogens is 196 g/mol. The Morgan fingerprint density at radius 3 is 2.33 bits per heavy atom. The monoisotopic (exact) mass is 216 g/mol. The highest BCUT2D eigenvalue weighted by atomic mass is 16.7. The number of rotatable bonds is 6. The predicted octanol–water partition coefficient (Wildman–Crippen LogP) is 1.63. The zero-order chi connectivity index (χ0) is 12.1. The van der Waals surface area contributed by atoms with E-state index in [0.717, 1.165) is 12.5 Å². The number of hydrogen-bond donors (Lipinski definition) is 1. The summed E-state index contributed by atoms with van der Waals surface area (Å²) in [4.78, 5) is 11.2. The van der Waals surface area contributed by atoms with Crippen LogP contribution in [0, 0.1) is 0 Å². The lowest BCUT2D eigenvalue weighted by atomic mass is 9.93. The van der Waals surface area contributed by atoms with Gasteiger partial charge in [-0.15, -0.1) is 0 Å². The number of hydrogen-bond acceptors (Lipinski definition) is 4. The summed E-state index contributed by atoms with van der Waals surface area (Å²) < 4.78 is 10.3. The van der Waals surface area contributed by atoms with Crippen LogP contribution in [0.1, 0.15) is 33.6 Å². The van der Waals surface area contributed by atoms with Gasteiger partial charge in [-0.1, -0.05) is 13.5 Å². The Morgan fingerprint density at radius 1 is 1.53 bits per heavy atom. The molecule has 0 rings (SSSR count). The number of methoxy groups -OCH3 is 1. The molecule has 1 atom stereocenters. The molecule has 15 heavy (non-hydrogen) atoms. The molecule has 88 valence electrons. The van der Waals surface area contributed by atoms with Crippen molar-refractivity contribution in [2.75, 3.05) is 7.11 Å². The molecule has 0 saturated heterocycles. The van der Waals surface area contributed by atoms with Crippen LogP contribution in [0.4, 0.5) is 0 Å². The Bertz CT molecular complexity index is 229. The second-order valence-electron chi connectivity index (χ2n) is 3.89. The average Bonchev–Trinajstić information content (AvgIpc) is 2.15. The van der Waals surface area contributed by atoms with Crippen molar-refractivity contribution in [2.45, 2.75) is 45.0 Å². The maximum absolute atomic E-state index is 11.2. The molecule has 0 spiro atoms. The van der Waals surface area contributed by atoms with Crippen LogP contribution in [0.3, 0.4) is 0 Å². The lowest BCUT2D eigenvalue weighted by Crippen LogP contribution is -2.54. The van der Waals surface area contributed by atoms with Crippen molar-refractivity contribution in [3.05, 3.63) is 12.7 Å². The minimum atomic E-state index is -1.31. The summed E-state index contributed by atoms with van der Waals surface area (Å²) in [6, 6.07) is 0. The Morgan fingerprint density at radius 2 is 2.07 bits per heavy atom. The first-order valence-electron chi connectivity index (χ1n) is 4.96. The van der Waals surface area contributed by atoms with Crippen LogP contribution in [0.25, 0.3) is 0 Å². The fourth-order valence-corrected chi connectivity index (χ4v) is 1.41. The van der Waals surface area contributed by atoms with Crippen LogP contribution in [0.15, 0.2) is 12.7 Å².